The normalized spacial score (nSPS) is 21.0. The molecule has 4 heteroatoms. The van der Waals surface area contributed by atoms with Crippen LogP contribution in [0.25, 0.3) is 0 Å². The summed E-state index contributed by atoms with van der Waals surface area (Å²) in [6.45, 7) is 0.926. The lowest BCUT2D eigenvalue weighted by Crippen LogP contribution is -2.14. The molecule has 0 N–H and O–H groups in total. The van der Waals surface area contributed by atoms with E-state index in [1.54, 1.807) is 0 Å². The van der Waals surface area contributed by atoms with E-state index in [2.05, 4.69) is 9.98 Å². The molecule has 0 unspecified atom stereocenters. The molecule has 0 aromatic rings. The van der Waals surface area contributed by atoms with Crippen molar-refractivity contribution < 1.29 is 0 Å². The summed E-state index contributed by atoms with van der Waals surface area (Å²) in [5.41, 5.74) is 2.06. The second kappa shape index (κ2) is 3.37. The molecule has 2 aliphatic rings. The van der Waals surface area contributed by atoms with Crippen molar-refractivity contribution in [3.05, 3.63) is 11.2 Å². The summed E-state index contributed by atoms with van der Waals surface area (Å²) in [6.07, 6.45) is 3.97. The number of allylic oxidation sites excluding steroid dienone is 1. The van der Waals surface area contributed by atoms with Gasteiger partial charge in [-0.3, -0.25) is 4.99 Å². The molecule has 2 nitrogen and oxygen atoms in total. The number of hydrogen-bond donors (Lipinski definition) is 0. The van der Waals surface area contributed by atoms with Gasteiger partial charge in [-0.05, 0) is 12.8 Å². The SMILES string of the molecule is Cl.ClC1=CC2=NCCCC2=N1. The molecule has 2 heterocycles. The Bertz CT molecular complexity index is 253. The lowest BCUT2D eigenvalue weighted by Gasteiger charge is -2.06. The molecule has 0 saturated heterocycles. The largest absolute Gasteiger partial charge is 0.283 e. The minimum Gasteiger partial charge on any atom is -0.283 e. The first-order valence-corrected chi connectivity index (χ1v) is 3.73. The van der Waals surface area contributed by atoms with Crippen LogP contribution in [0.1, 0.15) is 12.8 Å². The van der Waals surface area contributed by atoms with Crippen molar-refractivity contribution in [3.8, 4) is 0 Å². The fourth-order valence-electron chi connectivity index (χ4n) is 1.18. The van der Waals surface area contributed by atoms with E-state index in [1.807, 2.05) is 6.08 Å². The Kier molecular flexibility index (Phi) is 2.68. The third-order valence-corrected chi connectivity index (χ3v) is 1.84. The highest BCUT2D eigenvalue weighted by Gasteiger charge is 2.16. The van der Waals surface area contributed by atoms with Crippen molar-refractivity contribution >= 4 is 35.4 Å². The van der Waals surface area contributed by atoms with Gasteiger partial charge in [0.05, 0.1) is 11.4 Å². The smallest absolute Gasteiger partial charge is 0.131 e. The van der Waals surface area contributed by atoms with E-state index in [-0.39, 0.29) is 12.4 Å². The van der Waals surface area contributed by atoms with Crippen LogP contribution in [0.5, 0.6) is 0 Å². The van der Waals surface area contributed by atoms with Gasteiger partial charge in [-0.25, -0.2) is 4.99 Å². The Labute approximate surface area is 76.5 Å². The molecule has 0 saturated carbocycles. The van der Waals surface area contributed by atoms with Gasteiger partial charge in [-0.15, -0.1) is 12.4 Å². The molecule has 60 valence electrons. The predicted octanol–water partition coefficient (Wildman–Crippen LogP) is 2.18. The lowest BCUT2D eigenvalue weighted by molar-refractivity contribution is 0.868. The Hall–Kier alpha value is -0.340. The summed E-state index contributed by atoms with van der Waals surface area (Å²) in [4.78, 5) is 8.39. The maximum atomic E-state index is 5.68. The van der Waals surface area contributed by atoms with E-state index < -0.39 is 0 Å². The van der Waals surface area contributed by atoms with E-state index in [4.69, 9.17) is 11.6 Å². The Morgan fingerprint density at radius 1 is 1.45 bits per heavy atom. The van der Waals surface area contributed by atoms with Gasteiger partial charge in [0, 0.05) is 12.6 Å². The molecule has 0 aromatic heterocycles. The van der Waals surface area contributed by atoms with Crippen molar-refractivity contribution in [1.29, 1.82) is 0 Å². The lowest BCUT2D eigenvalue weighted by atomic mass is 10.1. The van der Waals surface area contributed by atoms with Crippen LogP contribution in [0.3, 0.4) is 0 Å². The van der Waals surface area contributed by atoms with Gasteiger partial charge in [0.2, 0.25) is 0 Å². The summed E-state index contributed by atoms with van der Waals surface area (Å²) in [5, 5.41) is 0.579. The molecule has 0 amide bonds. The van der Waals surface area contributed by atoms with Gasteiger partial charge < -0.3 is 0 Å². The van der Waals surface area contributed by atoms with Crippen molar-refractivity contribution in [2.75, 3.05) is 6.54 Å². The summed E-state index contributed by atoms with van der Waals surface area (Å²) in [6, 6.07) is 0. The molecular weight excluding hydrogens is 183 g/mol. The Morgan fingerprint density at radius 2 is 2.27 bits per heavy atom. The molecule has 0 aromatic carbocycles. The molecule has 0 aliphatic carbocycles. The van der Waals surface area contributed by atoms with Crippen LogP contribution in [0.2, 0.25) is 0 Å². The van der Waals surface area contributed by atoms with E-state index in [9.17, 15) is 0 Å². The zero-order chi connectivity index (χ0) is 6.97. The van der Waals surface area contributed by atoms with Gasteiger partial charge in [-0.1, -0.05) is 11.6 Å². The zero-order valence-electron chi connectivity index (χ0n) is 5.88. The number of fused-ring (bicyclic) bond motifs is 1. The van der Waals surface area contributed by atoms with Crippen LogP contribution in [-0.4, -0.2) is 18.0 Å². The molecule has 0 spiro atoms. The summed E-state index contributed by atoms with van der Waals surface area (Å²) < 4.78 is 0. The standard InChI is InChI=1S/C7H7ClN2.ClH/c8-7-4-6-5(10-7)2-1-3-9-6;/h4H,1-3H2;1H. The highest BCUT2D eigenvalue weighted by molar-refractivity contribution is 6.52. The number of hydrogen-bond acceptors (Lipinski definition) is 2. The van der Waals surface area contributed by atoms with Crippen LogP contribution < -0.4 is 0 Å². The van der Waals surface area contributed by atoms with E-state index in [1.165, 1.54) is 0 Å². The second-order valence-electron chi connectivity index (χ2n) is 2.40. The van der Waals surface area contributed by atoms with Gasteiger partial charge in [0.1, 0.15) is 5.16 Å². The van der Waals surface area contributed by atoms with Crippen LogP contribution in [-0.2, 0) is 0 Å². The van der Waals surface area contributed by atoms with Crippen LogP contribution in [0.4, 0.5) is 0 Å². The minimum atomic E-state index is 0. The highest BCUT2D eigenvalue weighted by atomic mass is 35.5. The maximum absolute atomic E-state index is 5.68. The van der Waals surface area contributed by atoms with Gasteiger partial charge >= 0.3 is 0 Å². The molecule has 0 bridgehead atoms. The fourth-order valence-corrected chi connectivity index (χ4v) is 1.39. The van der Waals surface area contributed by atoms with E-state index in [0.717, 1.165) is 30.8 Å². The minimum absolute atomic E-state index is 0. The van der Waals surface area contributed by atoms with Crippen LogP contribution in [0, 0.1) is 0 Å². The topological polar surface area (TPSA) is 24.7 Å². The summed E-state index contributed by atoms with van der Waals surface area (Å²) in [7, 11) is 0. The van der Waals surface area contributed by atoms with Gasteiger partial charge in [0.15, 0.2) is 0 Å². The van der Waals surface area contributed by atoms with Crippen molar-refractivity contribution in [2.24, 2.45) is 9.98 Å². The zero-order valence-corrected chi connectivity index (χ0v) is 7.45. The number of aliphatic imine (C=N–C) groups is 2. The average Bonchev–Trinajstić information content (AvgIpc) is 2.27. The number of rotatable bonds is 0. The Balaban J connectivity index is 0.000000605. The fraction of sp³-hybridized carbons (Fsp3) is 0.429. The first kappa shape index (κ1) is 8.75. The molecule has 0 fully saturated rings. The third-order valence-electron chi connectivity index (χ3n) is 1.65. The van der Waals surface area contributed by atoms with Crippen LogP contribution in [0.15, 0.2) is 21.2 Å². The molecule has 11 heavy (non-hydrogen) atoms. The summed E-state index contributed by atoms with van der Waals surface area (Å²) in [5.74, 6) is 0. The summed E-state index contributed by atoms with van der Waals surface area (Å²) >= 11 is 5.68. The highest BCUT2D eigenvalue weighted by Crippen LogP contribution is 2.17. The van der Waals surface area contributed by atoms with E-state index >= 15 is 0 Å². The van der Waals surface area contributed by atoms with E-state index in [0.29, 0.717) is 5.16 Å². The van der Waals surface area contributed by atoms with Crippen molar-refractivity contribution in [2.45, 2.75) is 12.8 Å². The van der Waals surface area contributed by atoms with Crippen molar-refractivity contribution in [1.82, 2.24) is 0 Å². The number of halogens is 2. The third kappa shape index (κ3) is 1.63. The molecular formula is C7H8Cl2N2. The monoisotopic (exact) mass is 190 g/mol. The van der Waals surface area contributed by atoms with Crippen molar-refractivity contribution in [3.63, 3.8) is 0 Å². The quantitative estimate of drug-likeness (QED) is 0.524. The number of nitrogens with zero attached hydrogens (tertiary/aromatic N) is 2. The second-order valence-corrected chi connectivity index (χ2v) is 2.78. The van der Waals surface area contributed by atoms with Crippen LogP contribution >= 0.6 is 24.0 Å². The molecule has 0 atom stereocenters. The molecule has 2 rings (SSSR count). The molecule has 2 aliphatic heterocycles. The van der Waals surface area contributed by atoms with Gasteiger partial charge in [-0.2, -0.15) is 0 Å². The average molecular weight is 191 g/mol. The first-order valence-electron chi connectivity index (χ1n) is 3.36. The maximum Gasteiger partial charge on any atom is 0.131 e. The molecule has 0 radical (unpaired) electrons. The predicted molar refractivity (Wildman–Crippen MR) is 50.2 cm³/mol. The first-order chi connectivity index (χ1) is 4.86. The van der Waals surface area contributed by atoms with Gasteiger partial charge in [0.25, 0.3) is 0 Å². The Morgan fingerprint density at radius 3 is 3.00 bits per heavy atom.